The molecule has 0 aliphatic carbocycles. The van der Waals surface area contributed by atoms with Crippen molar-refractivity contribution in [3.63, 3.8) is 0 Å². The van der Waals surface area contributed by atoms with E-state index >= 15 is 0 Å². The fraction of sp³-hybridized carbons (Fsp3) is 0.533. The molecule has 1 fully saturated rings. The summed E-state index contributed by atoms with van der Waals surface area (Å²) in [5, 5.41) is 9.01. The van der Waals surface area contributed by atoms with Gasteiger partial charge >= 0.3 is 5.97 Å². The van der Waals surface area contributed by atoms with Gasteiger partial charge in [-0.2, -0.15) is 0 Å². The predicted molar refractivity (Wildman–Crippen MR) is 78.5 cm³/mol. The highest BCUT2D eigenvalue weighted by Gasteiger charge is 2.26. The number of carboxylic acids is 1. The average molecular weight is 291 g/mol. The minimum Gasteiger partial charge on any atom is -0.478 e. The van der Waals surface area contributed by atoms with Gasteiger partial charge in [-0.25, -0.2) is 9.78 Å². The molecule has 1 saturated heterocycles. The zero-order valence-corrected chi connectivity index (χ0v) is 12.7. The molecule has 2 heterocycles. The van der Waals surface area contributed by atoms with Crippen molar-refractivity contribution in [1.82, 2.24) is 14.8 Å². The smallest absolute Gasteiger partial charge is 0.337 e. The molecular weight excluding hydrogens is 270 g/mol. The van der Waals surface area contributed by atoms with Crippen molar-refractivity contribution in [1.29, 1.82) is 0 Å². The number of hydrogen-bond acceptors (Lipinski definition) is 4. The van der Waals surface area contributed by atoms with Crippen molar-refractivity contribution < 1.29 is 14.7 Å². The maximum Gasteiger partial charge on any atom is 0.337 e. The molecule has 0 spiro atoms. The Hall–Kier alpha value is -1.95. The third-order valence-corrected chi connectivity index (χ3v) is 3.84. The molecule has 1 aliphatic rings. The van der Waals surface area contributed by atoms with E-state index in [0.717, 1.165) is 19.5 Å². The van der Waals surface area contributed by atoms with E-state index in [1.54, 1.807) is 6.92 Å². The summed E-state index contributed by atoms with van der Waals surface area (Å²) < 4.78 is 0. The van der Waals surface area contributed by atoms with Crippen molar-refractivity contribution in [2.45, 2.75) is 26.3 Å². The molecule has 6 nitrogen and oxygen atoms in total. The lowest BCUT2D eigenvalue weighted by Crippen LogP contribution is -2.42. The van der Waals surface area contributed by atoms with E-state index in [1.165, 1.54) is 12.1 Å². The molecule has 1 unspecified atom stereocenters. The second-order valence-corrected chi connectivity index (χ2v) is 5.60. The summed E-state index contributed by atoms with van der Waals surface area (Å²) in [6.45, 7) is 6.14. The maximum absolute atomic E-state index is 12.6. The Kier molecular flexibility index (Phi) is 4.57. The van der Waals surface area contributed by atoms with Crippen LogP contribution in [0.2, 0.25) is 0 Å². The van der Waals surface area contributed by atoms with Crippen LogP contribution in [-0.2, 0) is 0 Å². The summed E-state index contributed by atoms with van der Waals surface area (Å²) in [6.07, 6.45) is 0.929. The molecule has 0 saturated carbocycles. The first-order chi connectivity index (χ1) is 9.90. The fourth-order valence-corrected chi connectivity index (χ4v) is 2.73. The summed E-state index contributed by atoms with van der Waals surface area (Å²) in [5.74, 6) is -1.15. The van der Waals surface area contributed by atoms with Crippen LogP contribution >= 0.6 is 0 Å². The van der Waals surface area contributed by atoms with Gasteiger partial charge < -0.3 is 14.9 Å². The molecular formula is C15H21N3O3. The quantitative estimate of drug-likeness (QED) is 0.888. The van der Waals surface area contributed by atoms with E-state index < -0.39 is 5.97 Å². The van der Waals surface area contributed by atoms with Gasteiger partial charge in [0.15, 0.2) is 0 Å². The number of amides is 1. The molecule has 0 radical (unpaired) electrons. The van der Waals surface area contributed by atoms with Gasteiger partial charge in [0.25, 0.3) is 5.91 Å². The number of carbonyl (C=O) groups excluding carboxylic acids is 1. The Morgan fingerprint density at radius 3 is 2.67 bits per heavy atom. The van der Waals surface area contributed by atoms with Gasteiger partial charge in [-0.15, -0.1) is 0 Å². The van der Waals surface area contributed by atoms with Gasteiger partial charge in [0, 0.05) is 19.1 Å². The molecule has 6 heteroatoms. The first kappa shape index (κ1) is 15.4. The van der Waals surface area contributed by atoms with E-state index in [0.29, 0.717) is 17.9 Å². The minimum atomic E-state index is -1.02. The van der Waals surface area contributed by atoms with E-state index in [2.05, 4.69) is 16.9 Å². The highest BCUT2D eigenvalue weighted by atomic mass is 16.4. The van der Waals surface area contributed by atoms with Gasteiger partial charge in [0.05, 0.1) is 11.3 Å². The lowest BCUT2D eigenvalue weighted by molar-refractivity contribution is 0.0676. The Morgan fingerprint density at radius 1 is 1.33 bits per heavy atom. The lowest BCUT2D eigenvalue weighted by Gasteiger charge is -2.27. The highest BCUT2D eigenvalue weighted by molar-refractivity contribution is 5.94. The molecule has 21 heavy (non-hydrogen) atoms. The Morgan fingerprint density at radius 2 is 2.05 bits per heavy atom. The zero-order chi connectivity index (χ0) is 15.6. The normalized spacial score (nSPS) is 20.1. The van der Waals surface area contributed by atoms with Gasteiger partial charge in [0.2, 0.25) is 0 Å². The predicted octanol–water partition coefficient (Wildman–Crippen LogP) is 1.25. The summed E-state index contributed by atoms with van der Waals surface area (Å²) in [6, 6.07) is 3.07. The molecule has 1 aromatic rings. The number of aromatic carboxylic acids is 1. The maximum atomic E-state index is 12.6. The van der Waals surface area contributed by atoms with Crippen LogP contribution in [0.25, 0.3) is 0 Å². The SMILES string of the molecule is Cc1nc(C(=O)N2CCCN(C)CC2C)ccc1C(=O)O. The molecule has 1 aliphatic heterocycles. The molecule has 2 rings (SSSR count). The van der Waals surface area contributed by atoms with Gasteiger partial charge in [-0.05, 0) is 46.0 Å². The lowest BCUT2D eigenvalue weighted by atomic mass is 10.1. The van der Waals surface area contributed by atoms with Gasteiger partial charge in [-0.3, -0.25) is 4.79 Å². The largest absolute Gasteiger partial charge is 0.478 e. The number of aromatic nitrogens is 1. The van der Waals surface area contributed by atoms with E-state index in [4.69, 9.17) is 5.11 Å². The average Bonchev–Trinajstić information content (AvgIpc) is 2.58. The summed E-state index contributed by atoms with van der Waals surface area (Å²) in [5.41, 5.74) is 0.817. The number of rotatable bonds is 2. The van der Waals surface area contributed by atoms with Gasteiger partial charge in [0.1, 0.15) is 5.69 Å². The number of likely N-dealkylation sites (N-methyl/N-ethyl adjacent to an activating group) is 1. The van der Waals surface area contributed by atoms with Crippen molar-refractivity contribution in [3.05, 3.63) is 29.1 Å². The summed E-state index contributed by atoms with van der Waals surface area (Å²) in [7, 11) is 2.05. The Bertz CT molecular complexity index is 559. The Labute approximate surface area is 124 Å². The second kappa shape index (κ2) is 6.22. The van der Waals surface area contributed by atoms with Gasteiger partial charge in [-0.1, -0.05) is 0 Å². The number of carboxylic acid groups (broad SMARTS) is 1. The first-order valence-electron chi connectivity index (χ1n) is 7.10. The van der Waals surface area contributed by atoms with Crippen molar-refractivity contribution in [2.24, 2.45) is 0 Å². The van der Waals surface area contributed by atoms with Crippen molar-refractivity contribution in [3.8, 4) is 0 Å². The molecule has 1 N–H and O–H groups in total. The Balaban J connectivity index is 2.23. The molecule has 1 atom stereocenters. The third kappa shape index (κ3) is 3.39. The van der Waals surface area contributed by atoms with E-state index in [-0.39, 0.29) is 17.5 Å². The first-order valence-corrected chi connectivity index (χ1v) is 7.10. The van der Waals surface area contributed by atoms with E-state index in [1.807, 2.05) is 11.8 Å². The fourth-order valence-electron chi connectivity index (χ4n) is 2.73. The standard InChI is InChI=1S/C15H21N3O3/c1-10-9-17(3)7-4-8-18(10)14(19)13-6-5-12(15(20)21)11(2)16-13/h5-6,10H,4,7-9H2,1-3H3,(H,20,21). The van der Waals surface area contributed by atoms with Crippen LogP contribution in [0.1, 0.15) is 39.9 Å². The number of hydrogen-bond donors (Lipinski definition) is 1. The van der Waals surface area contributed by atoms with Crippen LogP contribution in [-0.4, -0.2) is 64.5 Å². The minimum absolute atomic E-state index is 0.117. The zero-order valence-electron chi connectivity index (χ0n) is 12.7. The topological polar surface area (TPSA) is 73.7 Å². The monoisotopic (exact) mass is 291 g/mol. The van der Waals surface area contributed by atoms with Crippen LogP contribution in [0, 0.1) is 6.92 Å². The number of nitrogens with zero attached hydrogens (tertiary/aromatic N) is 3. The van der Waals surface area contributed by atoms with Crippen LogP contribution in [0.15, 0.2) is 12.1 Å². The molecule has 0 aromatic carbocycles. The second-order valence-electron chi connectivity index (χ2n) is 5.60. The van der Waals surface area contributed by atoms with E-state index in [9.17, 15) is 9.59 Å². The molecule has 1 aromatic heterocycles. The number of carbonyl (C=O) groups is 2. The van der Waals surface area contributed by atoms with Crippen LogP contribution in [0.4, 0.5) is 0 Å². The molecule has 114 valence electrons. The summed E-state index contributed by atoms with van der Waals surface area (Å²) >= 11 is 0. The molecule has 0 bridgehead atoms. The summed E-state index contributed by atoms with van der Waals surface area (Å²) in [4.78, 5) is 31.8. The van der Waals surface area contributed by atoms with Crippen molar-refractivity contribution >= 4 is 11.9 Å². The van der Waals surface area contributed by atoms with Crippen LogP contribution in [0.3, 0.4) is 0 Å². The third-order valence-electron chi connectivity index (χ3n) is 3.84. The van der Waals surface area contributed by atoms with Crippen LogP contribution in [0.5, 0.6) is 0 Å². The van der Waals surface area contributed by atoms with Crippen molar-refractivity contribution in [2.75, 3.05) is 26.7 Å². The molecule has 1 amide bonds. The number of aryl methyl sites for hydroxylation is 1. The highest BCUT2D eigenvalue weighted by Crippen LogP contribution is 2.14. The van der Waals surface area contributed by atoms with Crippen LogP contribution < -0.4 is 0 Å². The number of pyridine rings is 1.